The van der Waals surface area contributed by atoms with Crippen molar-refractivity contribution >= 4 is 23.8 Å². The van der Waals surface area contributed by atoms with Crippen LogP contribution in [0.5, 0.6) is 0 Å². The molecule has 2 rings (SSSR count). The van der Waals surface area contributed by atoms with E-state index in [2.05, 4.69) is 12.2 Å². The van der Waals surface area contributed by atoms with E-state index in [1.165, 1.54) is 0 Å². The Labute approximate surface area is 105 Å². The highest BCUT2D eigenvalue weighted by atomic mass is 32.2. The summed E-state index contributed by atoms with van der Waals surface area (Å²) in [5, 5.41) is 11.8. The van der Waals surface area contributed by atoms with E-state index in [9.17, 15) is 9.59 Å². The van der Waals surface area contributed by atoms with Crippen LogP contribution >= 0.6 is 11.8 Å². The lowest BCUT2D eigenvalue weighted by atomic mass is 10.2. The lowest BCUT2D eigenvalue weighted by molar-refractivity contribution is -0.137. The van der Waals surface area contributed by atoms with Crippen LogP contribution in [0.3, 0.4) is 0 Å². The first kappa shape index (κ1) is 12.5. The Hall–Kier alpha value is -0.910. The Morgan fingerprint density at radius 1 is 1.53 bits per heavy atom. The summed E-state index contributed by atoms with van der Waals surface area (Å²) in [6, 6.07) is 0.0359. The largest absolute Gasteiger partial charge is 0.481 e. The first-order valence-electron chi connectivity index (χ1n) is 5.94. The molecule has 0 aromatic rings. The highest BCUT2D eigenvalue weighted by molar-refractivity contribution is 7.99. The van der Waals surface area contributed by atoms with Gasteiger partial charge in [-0.25, -0.2) is 4.79 Å². The number of aliphatic carboxylic acids is 1. The van der Waals surface area contributed by atoms with Gasteiger partial charge in [-0.15, -0.1) is 0 Å². The van der Waals surface area contributed by atoms with E-state index in [1.54, 1.807) is 16.7 Å². The van der Waals surface area contributed by atoms with Gasteiger partial charge in [0.1, 0.15) is 0 Å². The summed E-state index contributed by atoms with van der Waals surface area (Å²) in [5.74, 6) is 1.34. The van der Waals surface area contributed by atoms with Gasteiger partial charge in [0.25, 0.3) is 0 Å². The van der Waals surface area contributed by atoms with E-state index in [0.29, 0.717) is 18.5 Å². The van der Waals surface area contributed by atoms with Crippen LogP contribution in [0.15, 0.2) is 0 Å². The lowest BCUT2D eigenvalue weighted by Crippen LogP contribution is -2.51. The Bertz CT molecular complexity index is 324. The lowest BCUT2D eigenvalue weighted by Gasteiger charge is -2.34. The molecule has 0 radical (unpaired) electrons. The summed E-state index contributed by atoms with van der Waals surface area (Å²) in [6.45, 7) is 2.75. The third-order valence-electron chi connectivity index (χ3n) is 3.32. The molecule has 1 heterocycles. The monoisotopic (exact) mass is 258 g/mol. The average Bonchev–Trinajstić information content (AvgIpc) is 2.94. The number of carboxylic acids is 1. The van der Waals surface area contributed by atoms with Gasteiger partial charge in [0.15, 0.2) is 0 Å². The minimum absolute atomic E-state index is 0.0423. The Kier molecular flexibility index (Phi) is 3.81. The van der Waals surface area contributed by atoms with E-state index < -0.39 is 5.97 Å². The summed E-state index contributed by atoms with van der Waals surface area (Å²) >= 11 is 1.72. The van der Waals surface area contributed by atoms with E-state index >= 15 is 0 Å². The van der Waals surface area contributed by atoms with Crippen molar-refractivity contribution in [1.29, 1.82) is 0 Å². The van der Waals surface area contributed by atoms with Crippen LogP contribution in [-0.2, 0) is 4.79 Å². The van der Waals surface area contributed by atoms with Crippen LogP contribution in [-0.4, -0.2) is 52.1 Å². The minimum Gasteiger partial charge on any atom is -0.481 e. The normalized spacial score (nSPS) is 32.1. The number of carboxylic acid groups (broad SMARTS) is 1. The molecule has 5 nitrogen and oxygen atoms in total. The van der Waals surface area contributed by atoms with Gasteiger partial charge >= 0.3 is 12.0 Å². The maximum atomic E-state index is 12.0. The van der Waals surface area contributed by atoms with E-state index in [1.807, 2.05) is 0 Å². The van der Waals surface area contributed by atoms with Gasteiger partial charge in [-0.1, -0.05) is 6.92 Å². The Balaban J connectivity index is 1.90. The molecule has 96 valence electrons. The van der Waals surface area contributed by atoms with E-state index in [-0.39, 0.29) is 18.5 Å². The van der Waals surface area contributed by atoms with Crippen LogP contribution in [0.2, 0.25) is 0 Å². The average molecular weight is 258 g/mol. The zero-order valence-corrected chi connectivity index (χ0v) is 10.7. The molecular formula is C11H18N2O3S. The quantitative estimate of drug-likeness (QED) is 0.792. The standard InChI is InChI=1S/C11H18N2O3S/c1-7-4-9(7)12-11(16)13-2-3-17-6-8(13)5-10(14)15/h7-9H,2-6H2,1H3,(H,12,16)(H,14,15). The first-order chi connectivity index (χ1) is 8.08. The van der Waals surface area contributed by atoms with E-state index in [0.717, 1.165) is 17.9 Å². The molecule has 1 saturated heterocycles. The van der Waals surface area contributed by atoms with Crippen molar-refractivity contribution in [3.8, 4) is 0 Å². The number of urea groups is 1. The van der Waals surface area contributed by atoms with Gasteiger partial charge in [-0.05, 0) is 12.3 Å². The molecule has 3 unspecified atom stereocenters. The smallest absolute Gasteiger partial charge is 0.317 e. The van der Waals surface area contributed by atoms with Gasteiger partial charge in [0, 0.05) is 24.1 Å². The van der Waals surface area contributed by atoms with Gasteiger partial charge in [0.2, 0.25) is 0 Å². The van der Waals surface area contributed by atoms with Gasteiger partial charge in [-0.2, -0.15) is 11.8 Å². The summed E-state index contributed by atoms with van der Waals surface area (Å²) in [4.78, 5) is 24.4. The molecule has 2 amide bonds. The van der Waals surface area contributed by atoms with Crippen LogP contribution in [0, 0.1) is 5.92 Å². The van der Waals surface area contributed by atoms with Crippen molar-refractivity contribution in [1.82, 2.24) is 10.2 Å². The van der Waals surface area contributed by atoms with Crippen molar-refractivity contribution in [2.45, 2.75) is 31.8 Å². The molecule has 0 aromatic carbocycles. The minimum atomic E-state index is -0.838. The van der Waals surface area contributed by atoms with Crippen LogP contribution in [0.4, 0.5) is 4.79 Å². The van der Waals surface area contributed by atoms with Crippen molar-refractivity contribution < 1.29 is 14.7 Å². The predicted molar refractivity (Wildman–Crippen MR) is 66.2 cm³/mol. The number of carbonyl (C=O) groups is 2. The molecule has 0 spiro atoms. The molecule has 1 aliphatic carbocycles. The van der Waals surface area contributed by atoms with Crippen molar-refractivity contribution in [3.63, 3.8) is 0 Å². The first-order valence-corrected chi connectivity index (χ1v) is 7.10. The summed E-state index contributed by atoms with van der Waals surface area (Å²) in [6.07, 6.45) is 1.08. The number of hydrogen-bond acceptors (Lipinski definition) is 3. The second kappa shape index (κ2) is 5.16. The number of nitrogens with zero attached hydrogens (tertiary/aromatic N) is 1. The summed E-state index contributed by atoms with van der Waals surface area (Å²) in [5.41, 5.74) is 0. The zero-order chi connectivity index (χ0) is 12.4. The van der Waals surface area contributed by atoms with Crippen LogP contribution in [0.1, 0.15) is 19.8 Å². The highest BCUT2D eigenvalue weighted by Gasteiger charge is 2.37. The summed E-state index contributed by atoms with van der Waals surface area (Å²) < 4.78 is 0. The second-order valence-electron chi connectivity index (χ2n) is 4.79. The number of hydrogen-bond donors (Lipinski definition) is 2. The maximum Gasteiger partial charge on any atom is 0.317 e. The second-order valence-corrected chi connectivity index (χ2v) is 5.94. The fourth-order valence-electron chi connectivity index (χ4n) is 2.06. The van der Waals surface area contributed by atoms with Crippen molar-refractivity contribution in [2.24, 2.45) is 5.92 Å². The Morgan fingerprint density at radius 3 is 2.82 bits per heavy atom. The van der Waals surface area contributed by atoms with Gasteiger partial charge in [-0.3, -0.25) is 4.79 Å². The SMILES string of the molecule is CC1CC1NC(=O)N1CCSCC1CC(=O)O. The number of carbonyl (C=O) groups excluding carboxylic acids is 1. The molecule has 3 atom stereocenters. The van der Waals surface area contributed by atoms with Crippen molar-refractivity contribution in [2.75, 3.05) is 18.1 Å². The van der Waals surface area contributed by atoms with Gasteiger partial charge < -0.3 is 15.3 Å². The molecule has 1 aliphatic heterocycles. The molecule has 0 bridgehead atoms. The zero-order valence-electron chi connectivity index (χ0n) is 9.89. The third-order valence-corrected chi connectivity index (χ3v) is 4.41. The maximum absolute atomic E-state index is 12.0. The summed E-state index contributed by atoms with van der Waals surface area (Å²) in [7, 11) is 0. The fraction of sp³-hybridized carbons (Fsp3) is 0.818. The molecule has 2 aliphatic rings. The van der Waals surface area contributed by atoms with E-state index in [4.69, 9.17) is 5.11 Å². The fourth-order valence-corrected chi connectivity index (χ4v) is 3.12. The number of amides is 2. The highest BCUT2D eigenvalue weighted by Crippen LogP contribution is 2.29. The molecule has 0 aromatic heterocycles. The molecule has 2 fully saturated rings. The predicted octanol–water partition coefficient (Wildman–Crippen LogP) is 0.997. The van der Waals surface area contributed by atoms with Crippen LogP contribution in [0.25, 0.3) is 0 Å². The molecular weight excluding hydrogens is 240 g/mol. The molecule has 1 saturated carbocycles. The number of nitrogens with one attached hydrogen (secondary N) is 1. The van der Waals surface area contributed by atoms with Crippen LogP contribution < -0.4 is 5.32 Å². The Morgan fingerprint density at radius 2 is 2.24 bits per heavy atom. The molecule has 6 heteroatoms. The number of rotatable bonds is 3. The van der Waals surface area contributed by atoms with Gasteiger partial charge in [0.05, 0.1) is 12.5 Å². The topological polar surface area (TPSA) is 69.6 Å². The number of thioether (sulfide) groups is 1. The molecule has 17 heavy (non-hydrogen) atoms. The van der Waals surface area contributed by atoms with Crippen molar-refractivity contribution in [3.05, 3.63) is 0 Å². The molecule has 2 N–H and O–H groups in total. The third kappa shape index (κ3) is 3.28.